The summed E-state index contributed by atoms with van der Waals surface area (Å²) in [6.45, 7) is 8.43. The van der Waals surface area contributed by atoms with E-state index in [-0.39, 0.29) is 5.54 Å². The van der Waals surface area contributed by atoms with Crippen molar-refractivity contribution in [3.63, 3.8) is 0 Å². The minimum atomic E-state index is 0.0486. The molecule has 4 heteroatoms. The zero-order valence-corrected chi connectivity index (χ0v) is 13.2. The first-order chi connectivity index (χ1) is 9.20. The standard InChI is InChI=1S/C15H26N2OS/c1-4-6-13-10-15(7-9-18-13,16-8-5-2)14-17-12(3)11-19-14/h11,13,16H,4-10H2,1-3H3. The van der Waals surface area contributed by atoms with Crippen LogP contribution in [-0.2, 0) is 10.3 Å². The molecule has 1 aliphatic rings. The van der Waals surface area contributed by atoms with Gasteiger partial charge in [0.05, 0.1) is 11.6 Å². The van der Waals surface area contributed by atoms with Gasteiger partial charge in [0, 0.05) is 17.7 Å². The Morgan fingerprint density at radius 3 is 2.95 bits per heavy atom. The Balaban J connectivity index is 2.18. The lowest BCUT2D eigenvalue weighted by Gasteiger charge is -2.40. The lowest BCUT2D eigenvalue weighted by Crippen LogP contribution is -2.49. The molecule has 0 aromatic carbocycles. The van der Waals surface area contributed by atoms with E-state index in [0.29, 0.717) is 6.10 Å². The van der Waals surface area contributed by atoms with Crippen molar-refractivity contribution in [1.29, 1.82) is 0 Å². The van der Waals surface area contributed by atoms with Crippen molar-refractivity contribution in [2.45, 2.75) is 64.5 Å². The number of aromatic nitrogens is 1. The predicted octanol–water partition coefficient (Wildman–Crippen LogP) is 3.63. The van der Waals surface area contributed by atoms with Crippen molar-refractivity contribution in [2.24, 2.45) is 0 Å². The first-order valence-electron chi connectivity index (χ1n) is 7.49. The number of thiazole rings is 1. The van der Waals surface area contributed by atoms with Gasteiger partial charge >= 0.3 is 0 Å². The molecule has 1 aliphatic heterocycles. The van der Waals surface area contributed by atoms with Gasteiger partial charge in [-0.3, -0.25) is 0 Å². The van der Waals surface area contributed by atoms with Gasteiger partial charge in [-0.2, -0.15) is 0 Å². The predicted molar refractivity (Wildman–Crippen MR) is 80.7 cm³/mol. The number of ether oxygens (including phenoxy) is 1. The Bertz CT molecular complexity index is 391. The summed E-state index contributed by atoms with van der Waals surface area (Å²) in [5, 5.41) is 7.19. The van der Waals surface area contributed by atoms with E-state index >= 15 is 0 Å². The fourth-order valence-corrected chi connectivity index (χ4v) is 3.84. The summed E-state index contributed by atoms with van der Waals surface area (Å²) in [7, 11) is 0. The van der Waals surface area contributed by atoms with Gasteiger partial charge in [0.25, 0.3) is 0 Å². The van der Waals surface area contributed by atoms with Gasteiger partial charge in [-0.25, -0.2) is 4.98 Å². The van der Waals surface area contributed by atoms with E-state index in [1.165, 1.54) is 11.4 Å². The molecule has 1 aromatic rings. The summed E-state index contributed by atoms with van der Waals surface area (Å²) in [4.78, 5) is 4.75. The van der Waals surface area contributed by atoms with Crippen molar-refractivity contribution in [1.82, 2.24) is 10.3 Å². The smallest absolute Gasteiger partial charge is 0.113 e. The van der Waals surface area contributed by atoms with E-state index in [0.717, 1.165) is 44.5 Å². The molecule has 19 heavy (non-hydrogen) atoms. The van der Waals surface area contributed by atoms with Crippen LogP contribution in [0.1, 0.15) is 56.7 Å². The normalized spacial score (nSPS) is 27.6. The molecule has 0 bridgehead atoms. The fourth-order valence-electron chi connectivity index (χ4n) is 2.83. The first-order valence-corrected chi connectivity index (χ1v) is 8.37. The third-order valence-electron chi connectivity index (χ3n) is 3.81. The minimum Gasteiger partial charge on any atom is -0.378 e. The molecule has 0 saturated carbocycles. The lowest BCUT2D eigenvalue weighted by atomic mass is 9.85. The number of nitrogens with zero attached hydrogens (tertiary/aromatic N) is 1. The summed E-state index contributed by atoms with van der Waals surface area (Å²) < 4.78 is 5.92. The van der Waals surface area contributed by atoms with Crippen LogP contribution in [0, 0.1) is 6.92 Å². The van der Waals surface area contributed by atoms with E-state index in [9.17, 15) is 0 Å². The highest BCUT2D eigenvalue weighted by Crippen LogP contribution is 2.37. The summed E-state index contributed by atoms with van der Waals surface area (Å²) in [6.07, 6.45) is 5.98. The topological polar surface area (TPSA) is 34.2 Å². The number of aryl methyl sites for hydroxylation is 1. The first kappa shape index (κ1) is 14.9. The van der Waals surface area contributed by atoms with Crippen LogP contribution in [0.2, 0.25) is 0 Å². The summed E-state index contributed by atoms with van der Waals surface area (Å²) in [6, 6.07) is 0. The second kappa shape index (κ2) is 6.82. The Morgan fingerprint density at radius 2 is 2.32 bits per heavy atom. The maximum absolute atomic E-state index is 5.92. The molecular weight excluding hydrogens is 256 g/mol. The van der Waals surface area contributed by atoms with Crippen LogP contribution in [0.3, 0.4) is 0 Å². The third-order valence-corrected chi connectivity index (χ3v) is 4.98. The van der Waals surface area contributed by atoms with Crippen molar-refractivity contribution in [2.75, 3.05) is 13.2 Å². The molecule has 2 unspecified atom stereocenters. The summed E-state index contributed by atoms with van der Waals surface area (Å²) in [5.74, 6) is 0. The molecule has 0 aliphatic carbocycles. The zero-order valence-electron chi connectivity index (χ0n) is 12.4. The maximum atomic E-state index is 5.92. The Kier molecular flexibility index (Phi) is 5.37. The fraction of sp³-hybridized carbons (Fsp3) is 0.800. The van der Waals surface area contributed by atoms with E-state index in [1.54, 1.807) is 11.3 Å². The average molecular weight is 282 g/mol. The zero-order chi connectivity index (χ0) is 13.7. The van der Waals surface area contributed by atoms with E-state index < -0.39 is 0 Å². The van der Waals surface area contributed by atoms with Crippen molar-refractivity contribution < 1.29 is 4.74 Å². The van der Waals surface area contributed by atoms with Gasteiger partial charge in [0.15, 0.2) is 0 Å². The molecule has 2 rings (SSSR count). The number of rotatable bonds is 6. The minimum absolute atomic E-state index is 0.0486. The van der Waals surface area contributed by atoms with E-state index in [4.69, 9.17) is 9.72 Å². The van der Waals surface area contributed by atoms with Crippen LogP contribution in [0.4, 0.5) is 0 Å². The largest absolute Gasteiger partial charge is 0.378 e. The molecule has 2 heterocycles. The molecule has 1 fully saturated rings. The second-order valence-electron chi connectivity index (χ2n) is 5.54. The van der Waals surface area contributed by atoms with E-state index in [1.807, 2.05) is 0 Å². The third kappa shape index (κ3) is 3.56. The van der Waals surface area contributed by atoms with Crippen LogP contribution in [-0.4, -0.2) is 24.2 Å². The number of nitrogens with one attached hydrogen (secondary N) is 1. The molecule has 3 nitrogen and oxygen atoms in total. The summed E-state index contributed by atoms with van der Waals surface area (Å²) >= 11 is 1.80. The Hall–Kier alpha value is -0.450. The molecule has 1 saturated heterocycles. The molecule has 108 valence electrons. The molecule has 2 atom stereocenters. The van der Waals surface area contributed by atoms with Crippen LogP contribution in [0.15, 0.2) is 5.38 Å². The molecule has 0 spiro atoms. The summed E-state index contributed by atoms with van der Waals surface area (Å²) in [5.41, 5.74) is 1.18. The molecule has 1 N–H and O–H groups in total. The molecule has 0 amide bonds. The van der Waals surface area contributed by atoms with Crippen molar-refractivity contribution >= 4 is 11.3 Å². The average Bonchev–Trinajstić information content (AvgIpc) is 2.85. The van der Waals surface area contributed by atoms with E-state index in [2.05, 4.69) is 31.5 Å². The Morgan fingerprint density at radius 1 is 1.47 bits per heavy atom. The van der Waals surface area contributed by atoms with Gasteiger partial charge in [-0.05, 0) is 39.2 Å². The second-order valence-corrected chi connectivity index (χ2v) is 6.40. The lowest BCUT2D eigenvalue weighted by molar-refractivity contribution is -0.0349. The number of hydrogen-bond donors (Lipinski definition) is 1. The van der Waals surface area contributed by atoms with Crippen molar-refractivity contribution in [3.05, 3.63) is 16.1 Å². The van der Waals surface area contributed by atoms with Crippen LogP contribution < -0.4 is 5.32 Å². The van der Waals surface area contributed by atoms with Gasteiger partial charge in [-0.15, -0.1) is 11.3 Å². The molecule has 1 aromatic heterocycles. The quantitative estimate of drug-likeness (QED) is 0.865. The highest BCUT2D eigenvalue weighted by molar-refractivity contribution is 7.09. The highest BCUT2D eigenvalue weighted by atomic mass is 32.1. The van der Waals surface area contributed by atoms with Gasteiger partial charge in [0.1, 0.15) is 5.01 Å². The monoisotopic (exact) mass is 282 g/mol. The Labute approximate surface area is 120 Å². The molecular formula is C15H26N2OS. The maximum Gasteiger partial charge on any atom is 0.113 e. The van der Waals surface area contributed by atoms with Gasteiger partial charge < -0.3 is 10.1 Å². The number of hydrogen-bond acceptors (Lipinski definition) is 4. The van der Waals surface area contributed by atoms with Crippen LogP contribution >= 0.6 is 11.3 Å². The van der Waals surface area contributed by atoms with Crippen LogP contribution in [0.5, 0.6) is 0 Å². The van der Waals surface area contributed by atoms with Gasteiger partial charge in [0.2, 0.25) is 0 Å². The van der Waals surface area contributed by atoms with Crippen LogP contribution in [0.25, 0.3) is 0 Å². The van der Waals surface area contributed by atoms with Crippen molar-refractivity contribution in [3.8, 4) is 0 Å². The SMILES string of the molecule is CCCNC1(c2nc(C)cs2)CCOC(CCC)C1. The molecule has 0 radical (unpaired) electrons. The van der Waals surface area contributed by atoms with Gasteiger partial charge in [-0.1, -0.05) is 20.3 Å². The highest BCUT2D eigenvalue weighted by Gasteiger charge is 2.39.